The lowest BCUT2D eigenvalue weighted by Gasteiger charge is -2.05. The molecule has 0 aliphatic heterocycles. The number of hydrogen-bond donors (Lipinski definition) is 1. The first-order valence-electron chi connectivity index (χ1n) is 5.13. The fourth-order valence-corrected chi connectivity index (χ4v) is 2.06. The molecule has 0 aliphatic rings. The molecule has 18 heavy (non-hydrogen) atoms. The second-order valence-corrected chi connectivity index (χ2v) is 4.53. The number of benzene rings is 1. The van der Waals surface area contributed by atoms with Crippen molar-refractivity contribution in [2.75, 3.05) is 0 Å². The van der Waals surface area contributed by atoms with Gasteiger partial charge in [0.05, 0.1) is 0 Å². The first kappa shape index (κ1) is 12.8. The molecular formula is C11H9ClN2O3S. The summed E-state index contributed by atoms with van der Waals surface area (Å²) in [5.74, 6) is -0.260. The molecule has 1 heterocycles. The van der Waals surface area contributed by atoms with E-state index < -0.39 is 5.97 Å². The zero-order valence-corrected chi connectivity index (χ0v) is 11.0. The summed E-state index contributed by atoms with van der Waals surface area (Å²) in [6.45, 7) is 1.92. The maximum atomic E-state index is 11.0. The van der Waals surface area contributed by atoms with Gasteiger partial charge >= 0.3 is 5.97 Å². The van der Waals surface area contributed by atoms with Crippen LogP contribution >= 0.6 is 23.1 Å². The van der Waals surface area contributed by atoms with Gasteiger partial charge < -0.3 is 9.84 Å². The smallest absolute Gasteiger partial charge is 0.339 e. The predicted molar refractivity (Wildman–Crippen MR) is 67.8 cm³/mol. The zero-order chi connectivity index (χ0) is 13.1. The van der Waals surface area contributed by atoms with Crippen LogP contribution in [0.2, 0.25) is 5.02 Å². The van der Waals surface area contributed by atoms with Crippen molar-refractivity contribution in [2.45, 2.75) is 13.3 Å². The molecule has 0 spiro atoms. The minimum atomic E-state index is -1.08. The van der Waals surface area contributed by atoms with E-state index in [1.807, 2.05) is 6.92 Å². The Morgan fingerprint density at radius 1 is 1.56 bits per heavy atom. The van der Waals surface area contributed by atoms with Crippen LogP contribution in [-0.4, -0.2) is 20.4 Å². The average molecular weight is 285 g/mol. The lowest BCUT2D eigenvalue weighted by Crippen LogP contribution is -1.99. The molecule has 0 fully saturated rings. The number of carbonyl (C=O) groups is 1. The highest BCUT2D eigenvalue weighted by molar-refractivity contribution is 7.07. The van der Waals surface area contributed by atoms with E-state index in [4.69, 9.17) is 21.4 Å². The fraction of sp³-hybridized carbons (Fsp3) is 0.182. The number of halogens is 1. The molecule has 0 radical (unpaired) electrons. The fourth-order valence-electron chi connectivity index (χ4n) is 1.27. The number of carboxylic acids is 1. The molecule has 2 aromatic rings. The molecule has 0 amide bonds. The Labute approximate surface area is 112 Å². The number of aromatic nitrogens is 2. The number of nitrogens with zero attached hydrogens (tertiary/aromatic N) is 2. The predicted octanol–water partition coefficient (Wildman–Crippen LogP) is 3.24. The molecule has 1 aromatic heterocycles. The van der Waals surface area contributed by atoms with Crippen molar-refractivity contribution in [1.29, 1.82) is 0 Å². The van der Waals surface area contributed by atoms with Gasteiger partial charge in [-0.2, -0.15) is 9.36 Å². The van der Waals surface area contributed by atoms with Crippen LogP contribution < -0.4 is 4.74 Å². The van der Waals surface area contributed by atoms with E-state index in [-0.39, 0.29) is 11.3 Å². The van der Waals surface area contributed by atoms with Crippen molar-refractivity contribution in [1.82, 2.24) is 9.36 Å². The SMILES string of the molecule is CCc1nsc(Oc2cc(Cl)ccc2C(=O)O)n1. The Balaban J connectivity index is 2.32. The van der Waals surface area contributed by atoms with E-state index in [1.54, 1.807) is 0 Å². The molecule has 0 aliphatic carbocycles. The molecule has 94 valence electrons. The van der Waals surface area contributed by atoms with E-state index >= 15 is 0 Å². The molecule has 2 rings (SSSR count). The summed E-state index contributed by atoms with van der Waals surface area (Å²) in [5.41, 5.74) is 0.0349. The van der Waals surface area contributed by atoms with Gasteiger partial charge in [-0.05, 0) is 12.1 Å². The normalized spacial score (nSPS) is 10.3. The van der Waals surface area contributed by atoms with Gasteiger partial charge in [-0.15, -0.1) is 0 Å². The largest absolute Gasteiger partial charge is 0.478 e. The molecule has 5 nitrogen and oxygen atoms in total. The highest BCUT2D eigenvalue weighted by atomic mass is 35.5. The molecular weight excluding hydrogens is 276 g/mol. The maximum absolute atomic E-state index is 11.0. The van der Waals surface area contributed by atoms with E-state index in [0.29, 0.717) is 22.5 Å². The lowest BCUT2D eigenvalue weighted by molar-refractivity contribution is 0.0694. The monoisotopic (exact) mass is 284 g/mol. The Morgan fingerprint density at radius 3 is 2.94 bits per heavy atom. The molecule has 0 saturated carbocycles. The third-order valence-electron chi connectivity index (χ3n) is 2.14. The van der Waals surface area contributed by atoms with E-state index in [1.165, 1.54) is 18.2 Å². The molecule has 1 aromatic carbocycles. The summed E-state index contributed by atoms with van der Waals surface area (Å²) in [5, 5.41) is 9.73. The minimum absolute atomic E-state index is 0.0349. The molecule has 7 heteroatoms. The van der Waals surface area contributed by atoms with Crippen LogP contribution in [0.15, 0.2) is 18.2 Å². The highest BCUT2D eigenvalue weighted by Gasteiger charge is 2.14. The Bertz CT molecular complexity index is 585. The highest BCUT2D eigenvalue weighted by Crippen LogP contribution is 2.29. The van der Waals surface area contributed by atoms with Crippen LogP contribution in [0.3, 0.4) is 0 Å². The third-order valence-corrected chi connectivity index (χ3v) is 3.00. The molecule has 0 saturated heterocycles. The van der Waals surface area contributed by atoms with Gasteiger partial charge in [0.15, 0.2) is 0 Å². The number of rotatable bonds is 4. The van der Waals surface area contributed by atoms with Crippen LogP contribution in [0.4, 0.5) is 0 Å². The van der Waals surface area contributed by atoms with Crippen LogP contribution in [0.1, 0.15) is 23.1 Å². The Kier molecular flexibility index (Phi) is 3.78. The minimum Gasteiger partial charge on any atom is -0.478 e. The maximum Gasteiger partial charge on any atom is 0.339 e. The lowest BCUT2D eigenvalue weighted by atomic mass is 10.2. The quantitative estimate of drug-likeness (QED) is 0.933. The Hall–Kier alpha value is -1.66. The molecule has 1 N–H and O–H groups in total. The topological polar surface area (TPSA) is 72.3 Å². The van der Waals surface area contributed by atoms with Gasteiger partial charge in [0.25, 0.3) is 5.19 Å². The van der Waals surface area contributed by atoms with Crippen LogP contribution in [-0.2, 0) is 6.42 Å². The summed E-state index contributed by atoms with van der Waals surface area (Å²) in [4.78, 5) is 15.1. The van der Waals surface area contributed by atoms with Gasteiger partial charge in [0.2, 0.25) is 0 Å². The van der Waals surface area contributed by atoms with E-state index in [0.717, 1.165) is 11.5 Å². The zero-order valence-electron chi connectivity index (χ0n) is 9.38. The number of aryl methyl sites for hydroxylation is 1. The van der Waals surface area contributed by atoms with Gasteiger partial charge in [0.1, 0.15) is 17.1 Å². The van der Waals surface area contributed by atoms with Gasteiger partial charge in [0, 0.05) is 29.0 Å². The second-order valence-electron chi connectivity index (χ2n) is 3.38. The van der Waals surface area contributed by atoms with Crippen molar-refractivity contribution in [2.24, 2.45) is 0 Å². The average Bonchev–Trinajstić information content (AvgIpc) is 2.76. The van der Waals surface area contributed by atoms with Crippen LogP contribution in [0.5, 0.6) is 10.9 Å². The standard InChI is InChI=1S/C11H9ClN2O3S/c1-2-9-13-11(18-14-9)17-8-5-6(12)3-4-7(8)10(15)16/h3-5H,2H2,1H3,(H,15,16). The van der Waals surface area contributed by atoms with E-state index in [9.17, 15) is 4.79 Å². The summed E-state index contributed by atoms with van der Waals surface area (Å²) in [6, 6.07) is 4.33. The molecule has 0 atom stereocenters. The summed E-state index contributed by atoms with van der Waals surface area (Å²) in [6.07, 6.45) is 0.696. The molecule has 0 bridgehead atoms. The third kappa shape index (κ3) is 2.77. The number of aromatic carboxylic acids is 1. The van der Waals surface area contributed by atoms with Crippen molar-refractivity contribution in [3.63, 3.8) is 0 Å². The van der Waals surface area contributed by atoms with Crippen molar-refractivity contribution in [3.8, 4) is 10.9 Å². The van der Waals surface area contributed by atoms with Crippen LogP contribution in [0.25, 0.3) is 0 Å². The van der Waals surface area contributed by atoms with E-state index in [2.05, 4.69) is 9.36 Å². The van der Waals surface area contributed by atoms with Gasteiger partial charge in [-0.25, -0.2) is 4.79 Å². The summed E-state index contributed by atoms with van der Waals surface area (Å²) >= 11 is 6.89. The van der Waals surface area contributed by atoms with Gasteiger partial charge in [-0.1, -0.05) is 18.5 Å². The van der Waals surface area contributed by atoms with Crippen molar-refractivity contribution >= 4 is 29.1 Å². The number of hydrogen-bond acceptors (Lipinski definition) is 5. The van der Waals surface area contributed by atoms with Crippen molar-refractivity contribution < 1.29 is 14.6 Å². The second kappa shape index (κ2) is 5.32. The molecule has 0 unspecified atom stereocenters. The Morgan fingerprint density at radius 2 is 2.33 bits per heavy atom. The van der Waals surface area contributed by atoms with Crippen molar-refractivity contribution in [3.05, 3.63) is 34.6 Å². The van der Waals surface area contributed by atoms with Gasteiger partial charge in [-0.3, -0.25) is 0 Å². The first-order chi connectivity index (χ1) is 8.60. The number of carboxylic acid groups (broad SMARTS) is 1. The summed E-state index contributed by atoms with van der Waals surface area (Å²) < 4.78 is 9.47. The summed E-state index contributed by atoms with van der Waals surface area (Å²) in [7, 11) is 0. The van der Waals surface area contributed by atoms with Crippen LogP contribution in [0, 0.1) is 0 Å². The number of ether oxygens (including phenoxy) is 1. The first-order valence-corrected chi connectivity index (χ1v) is 6.28.